The number of carboxylic acids is 2. The average Bonchev–Trinajstić information content (AvgIpc) is 1.57. The van der Waals surface area contributed by atoms with Gasteiger partial charge in [-0.15, -0.1) is 20.4 Å². The zero-order chi connectivity index (χ0) is 79.9. The molecule has 602 valence electrons. The number of fused-ring (bicyclic) bond motifs is 2. The van der Waals surface area contributed by atoms with Gasteiger partial charge in [0.15, 0.2) is 55.0 Å². The first-order chi connectivity index (χ1) is 52.5. The van der Waals surface area contributed by atoms with Gasteiger partial charge in [-0.2, -0.15) is 4.58 Å². The van der Waals surface area contributed by atoms with Crippen molar-refractivity contribution in [2.75, 3.05) is 60.0 Å². The fourth-order valence-corrected chi connectivity index (χ4v) is 14.4. The van der Waals surface area contributed by atoms with E-state index in [-0.39, 0.29) is 34.9 Å². The van der Waals surface area contributed by atoms with Crippen molar-refractivity contribution < 1.29 is 132 Å². The molecule has 7 heterocycles. The van der Waals surface area contributed by atoms with Gasteiger partial charge in [0.25, 0.3) is 5.91 Å². The number of aliphatic hydroxyl groups excluding tert-OH is 8. The van der Waals surface area contributed by atoms with Crippen molar-refractivity contribution >= 4 is 46.7 Å². The number of hydrogen-bond acceptors (Lipinski definition) is 28. The Balaban J connectivity index is 0.000000288. The van der Waals surface area contributed by atoms with Gasteiger partial charge < -0.3 is 114 Å². The summed E-state index contributed by atoms with van der Waals surface area (Å²) in [5, 5.41) is 127. The number of nitrogens with one attached hydrogen (secondary N) is 2. The number of benzene rings is 3. The van der Waals surface area contributed by atoms with E-state index in [9.17, 15) is 75.0 Å². The molecule has 0 radical (unpaired) electrons. The van der Waals surface area contributed by atoms with E-state index in [1.165, 1.54) is 53.4 Å². The fraction of sp³-hybridized carbons (Fsp3) is 0.579. The highest BCUT2D eigenvalue weighted by molar-refractivity contribution is 6.03. The van der Waals surface area contributed by atoms with E-state index < -0.39 is 147 Å². The van der Waals surface area contributed by atoms with Crippen LogP contribution in [0.25, 0.3) is 11.4 Å². The van der Waals surface area contributed by atoms with Crippen LogP contribution in [0.15, 0.2) is 109 Å². The van der Waals surface area contributed by atoms with Crippen LogP contribution in [-0.4, -0.2) is 289 Å². The van der Waals surface area contributed by atoms with Crippen LogP contribution in [0.1, 0.15) is 102 Å². The molecular weight excluding hydrogens is 1440 g/mol. The van der Waals surface area contributed by atoms with Gasteiger partial charge in [0, 0.05) is 88.0 Å². The number of ether oxygens (including phenoxy) is 10. The number of nitrogens with zero attached hydrogens (tertiary/aromatic N) is 6. The Morgan fingerprint density at radius 3 is 1.65 bits per heavy atom. The van der Waals surface area contributed by atoms with E-state index in [1.807, 2.05) is 31.2 Å². The number of aliphatic carboxylic acids is 2. The van der Waals surface area contributed by atoms with Gasteiger partial charge in [0.1, 0.15) is 80.3 Å². The Labute approximate surface area is 636 Å². The summed E-state index contributed by atoms with van der Waals surface area (Å²) in [6, 6.07) is 24.6. The SMILES string of the molecule is COC1OC(C(=O)NCc2nnc(-c3ccc(C)cc3)nn2)C(OC2OC(C(=O)O)C(OC)C(O)C2O)C(O)C1O.COC1OC(C(=O)[NH2+]CCCCCCNC(=O)CCCCCN2C(=CC=CC=CC3=[N+](C)c4ccccc4C3(C)C)C(C)(C)c3ccccc32)C(OC2OC(C(=O)O)C(OC)C(O)C2O)C(O)C1O. The number of allylic oxidation sites excluding steroid dienone is 6. The second kappa shape index (κ2) is 39.0. The molecule has 0 saturated carbocycles. The Bertz CT molecular complexity index is 3890. The highest BCUT2D eigenvalue weighted by Gasteiger charge is 2.57. The smallest absolute Gasteiger partial charge is 0.342 e. The van der Waals surface area contributed by atoms with E-state index in [0.717, 1.165) is 64.9 Å². The zero-order valence-corrected chi connectivity index (χ0v) is 63.2. The fourth-order valence-electron chi connectivity index (χ4n) is 14.4. The number of aliphatic hydroxyl groups is 8. The molecule has 20 atom stereocenters. The van der Waals surface area contributed by atoms with Gasteiger partial charge in [-0.25, -0.2) is 14.4 Å². The van der Waals surface area contributed by atoms with Crippen LogP contribution in [0, 0.1) is 6.92 Å². The number of quaternary nitrogens is 1. The molecule has 1 aromatic heterocycles. The van der Waals surface area contributed by atoms with Crippen molar-refractivity contribution in [1.82, 2.24) is 31.0 Å². The zero-order valence-electron chi connectivity index (χ0n) is 63.2. The van der Waals surface area contributed by atoms with E-state index >= 15 is 0 Å². The van der Waals surface area contributed by atoms with Gasteiger partial charge in [0.05, 0.1) is 18.5 Å². The van der Waals surface area contributed by atoms with Crippen LogP contribution >= 0.6 is 0 Å². The molecule has 6 aliphatic heterocycles. The van der Waals surface area contributed by atoms with Gasteiger partial charge >= 0.3 is 17.8 Å². The first kappa shape index (κ1) is 86.1. The third-order valence-electron chi connectivity index (χ3n) is 20.6. The minimum atomic E-state index is -1.87. The summed E-state index contributed by atoms with van der Waals surface area (Å²) in [6.07, 6.45) is -16.7. The van der Waals surface area contributed by atoms with E-state index in [4.69, 9.17) is 47.4 Å². The lowest BCUT2D eigenvalue weighted by atomic mass is 9.81. The van der Waals surface area contributed by atoms with Crippen molar-refractivity contribution in [3.63, 3.8) is 0 Å². The monoisotopic (exact) mass is 1540 g/mol. The molecule has 0 spiro atoms. The number of anilines is 1. The lowest BCUT2D eigenvalue weighted by molar-refractivity contribution is -0.576. The molecule has 14 N–H and O–H groups in total. The normalized spacial score (nSPS) is 30.7. The summed E-state index contributed by atoms with van der Waals surface area (Å²) < 4.78 is 55.4. The first-order valence-corrected chi connectivity index (χ1v) is 36.6. The Morgan fingerprint density at radius 1 is 0.555 bits per heavy atom. The number of nitrogens with two attached hydrogens (primary N) is 1. The number of carbonyl (C=O) groups excluding carboxylic acids is 3. The minimum absolute atomic E-state index is 0.0261. The maximum Gasteiger partial charge on any atom is 0.342 e. The first-order valence-electron chi connectivity index (χ1n) is 36.6. The topological polar surface area (TPSA) is 478 Å². The maximum atomic E-state index is 13.4. The number of methoxy groups -OCH3 is 4. The van der Waals surface area contributed by atoms with Crippen LogP contribution in [0.4, 0.5) is 11.4 Å². The van der Waals surface area contributed by atoms with Gasteiger partial charge in [0.2, 0.25) is 23.5 Å². The van der Waals surface area contributed by atoms with Crippen molar-refractivity contribution in [2.45, 2.75) is 226 Å². The van der Waals surface area contributed by atoms with Gasteiger partial charge in [-0.05, 0) is 70.6 Å². The molecular formula is C76H105N9O25+2. The quantitative estimate of drug-likeness (QED) is 0.0175. The molecule has 110 heavy (non-hydrogen) atoms. The third kappa shape index (κ3) is 19.9. The van der Waals surface area contributed by atoms with E-state index in [2.05, 4.69) is 154 Å². The van der Waals surface area contributed by atoms with Crippen LogP contribution < -0.4 is 20.9 Å². The van der Waals surface area contributed by atoms with Crippen molar-refractivity contribution in [3.8, 4) is 11.4 Å². The number of primary amides is 1. The standard InChI is InChI=1S/C52H72N4O13.C24H31N5O12/c1-51(2)32-22-15-17-24-34(32)55(5)36(51)26-12-10-13-27-37-52(3,4)33-23-16-18-25-35(33)56(37)31-21-11-14-28-38(57)53-29-19-8-9-20-30-54-47(62)45-44(40(59)41(60)49(66-7)68-45)67-50-42(61)39(58)43(65-6)46(69-50)48(63)64;1-9-4-6-10(7-5-9)20-28-26-11(27-29-20)8-25-21(34)18-17(13(31)14(32)23(38-3)40-18)39-24-15(33)12(30)16(37-2)19(41-24)22(35)36/h10,12-13,15-18,22-27,39-46,49-50,58-61H,8-9,11,14,19-21,28-31H2,1-7H3,(H2-,53,54,57,62,63,64);4-7,12-19,23-24,30-33H,8H2,1-3H3,(H,25,34)(H,35,36)/p+2. The number of aryl methyl sites for hydroxylation is 1. The second-order valence-corrected chi connectivity index (χ2v) is 28.7. The van der Waals surface area contributed by atoms with Crippen molar-refractivity contribution in [1.29, 1.82) is 0 Å². The summed E-state index contributed by atoms with van der Waals surface area (Å²) in [4.78, 5) is 65.1. The molecule has 6 aliphatic rings. The van der Waals surface area contributed by atoms with Crippen molar-refractivity contribution in [3.05, 3.63) is 131 Å². The Morgan fingerprint density at radius 2 is 1.07 bits per heavy atom. The molecule has 0 bridgehead atoms. The van der Waals surface area contributed by atoms with E-state index in [0.29, 0.717) is 31.5 Å². The van der Waals surface area contributed by atoms with Crippen LogP contribution in [0.3, 0.4) is 0 Å². The lowest BCUT2D eigenvalue weighted by Crippen LogP contribution is -2.92. The number of carbonyl (C=O) groups is 5. The summed E-state index contributed by atoms with van der Waals surface area (Å²) in [5.41, 5.74) is 9.14. The number of amides is 3. The molecule has 4 saturated heterocycles. The molecule has 10 rings (SSSR count). The molecule has 34 nitrogen and oxygen atoms in total. The molecule has 20 unspecified atom stereocenters. The second-order valence-electron chi connectivity index (χ2n) is 28.7. The number of carboxylic acid groups (broad SMARTS) is 2. The average molecular weight is 1540 g/mol. The summed E-state index contributed by atoms with van der Waals surface area (Å²) in [5.74, 6) is -4.17. The number of unbranched alkanes of at least 4 members (excludes halogenated alkanes) is 5. The predicted molar refractivity (Wildman–Crippen MR) is 388 cm³/mol. The summed E-state index contributed by atoms with van der Waals surface area (Å²) in [7, 11) is 6.78. The maximum absolute atomic E-state index is 13.4. The number of hydrogen-bond donors (Lipinski definition) is 13. The van der Waals surface area contributed by atoms with Crippen LogP contribution in [0.2, 0.25) is 0 Å². The minimum Gasteiger partial charge on any atom is -0.479 e. The Kier molecular flexibility index (Phi) is 30.5. The summed E-state index contributed by atoms with van der Waals surface area (Å²) >= 11 is 0. The molecule has 0 aliphatic carbocycles. The highest BCUT2D eigenvalue weighted by Crippen LogP contribution is 2.48. The highest BCUT2D eigenvalue weighted by atomic mass is 16.8. The number of para-hydroxylation sites is 2. The van der Waals surface area contributed by atoms with Crippen LogP contribution in [-0.2, 0) is 88.7 Å². The molecule has 34 heteroatoms. The Hall–Kier alpha value is -7.92. The molecule has 3 amide bonds. The largest absolute Gasteiger partial charge is 0.479 e. The van der Waals surface area contributed by atoms with Crippen LogP contribution in [0.5, 0.6) is 0 Å². The number of aromatic nitrogens is 4. The number of rotatable bonds is 31. The van der Waals surface area contributed by atoms with Crippen molar-refractivity contribution in [2.24, 2.45) is 0 Å². The summed E-state index contributed by atoms with van der Waals surface area (Å²) in [6.45, 7) is 12.5. The molecule has 4 aromatic rings. The van der Waals surface area contributed by atoms with E-state index in [1.54, 1.807) is 0 Å². The van der Waals surface area contributed by atoms with Gasteiger partial charge in [-0.1, -0.05) is 111 Å². The lowest BCUT2D eigenvalue weighted by Gasteiger charge is -2.45. The predicted octanol–water partition coefficient (Wildman–Crippen LogP) is -0.279. The van der Waals surface area contributed by atoms with Gasteiger partial charge in [-0.3, -0.25) is 14.9 Å². The molecule has 3 aromatic carbocycles. The molecule has 4 fully saturated rings. The third-order valence-corrected chi connectivity index (χ3v) is 20.6.